The van der Waals surface area contributed by atoms with Crippen LogP contribution >= 0.6 is 11.8 Å². The zero-order valence-corrected chi connectivity index (χ0v) is 14.7. The number of aromatic nitrogens is 2. The summed E-state index contributed by atoms with van der Waals surface area (Å²) in [7, 11) is 1.57. The minimum absolute atomic E-state index is 0.297. The first kappa shape index (κ1) is 16.3. The van der Waals surface area contributed by atoms with Crippen molar-refractivity contribution in [1.82, 2.24) is 15.3 Å². The summed E-state index contributed by atoms with van der Waals surface area (Å²) in [6, 6.07) is 3.72. The molecule has 7 nitrogen and oxygen atoms in total. The molecule has 1 fully saturated rings. The zero-order valence-electron chi connectivity index (χ0n) is 13.9. The molecule has 0 unspecified atom stereocenters. The van der Waals surface area contributed by atoms with E-state index in [4.69, 9.17) is 9.15 Å². The lowest BCUT2D eigenvalue weighted by atomic mass is 10.1. The van der Waals surface area contributed by atoms with Crippen LogP contribution in [0, 0.1) is 6.92 Å². The Kier molecular flexibility index (Phi) is 3.96. The number of carbonyl (C=O) groups is 2. The van der Waals surface area contributed by atoms with E-state index in [1.54, 1.807) is 37.8 Å². The van der Waals surface area contributed by atoms with Crippen molar-refractivity contribution in [3.63, 3.8) is 0 Å². The number of aryl methyl sites for hydroxylation is 1. The van der Waals surface area contributed by atoms with E-state index in [9.17, 15) is 9.59 Å². The number of fused-ring (bicyclic) bond motifs is 1. The predicted octanol–water partition coefficient (Wildman–Crippen LogP) is 3.53. The fraction of sp³-hybridized carbons (Fsp3) is 0.111. The normalized spacial score (nSPS) is 15.7. The molecule has 0 spiro atoms. The summed E-state index contributed by atoms with van der Waals surface area (Å²) in [6.45, 7) is 1.91. The van der Waals surface area contributed by atoms with Crippen LogP contribution in [0.5, 0.6) is 5.88 Å². The topological polar surface area (TPSA) is 94.3 Å². The van der Waals surface area contributed by atoms with Gasteiger partial charge in [-0.3, -0.25) is 19.9 Å². The van der Waals surface area contributed by atoms with E-state index in [-0.39, 0.29) is 5.24 Å². The van der Waals surface area contributed by atoms with Gasteiger partial charge < -0.3 is 9.15 Å². The van der Waals surface area contributed by atoms with Gasteiger partial charge in [0.15, 0.2) is 0 Å². The Morgan fingerprint density at radius 2 is 2.08 bits per heavy atom. The molecule has 2 amide bonds. The quantitative estimate of drug-likeness (QED) is 0.708. The molecule has 1 aliphatic rings. The van der Waals surface area contributed by atoms with Gasteiger partial charge in [0.2, 0.25) is 5.88 Å². The van der Waals surface area contributed by atoms with E-state index in [1.807, 2.05) is 13.0 Å². The summed E-state index contributed by atoms with van der Waals surface area (Å²) in [4.78, 5) is 31.8. The molecule has 4 heterocycles. The second kappa shape index (κ2) is 6.30. The number of imide groups is 1. The average Bonchev–Trinajstić information content (AvgIpc) is 3.16. The van der Waals surface area contributed by atoms with Crippen molar-refractivity contribution in [2.45, 2.75) is 6.92 Å². The summed E-state index contributed by atoms with van der Waals surface area (Å²) in [5, 5.41) is 2.62. The summed E-state index contributed by atoms with van der Waals surface area (Å²) >= 11 is 0.847. The van der Waals surface area contributed by atoms with Gasteiger partial charge in [0, 0.05) is 46.7 Å². The molecular formula is C18H13N3O4S. The molecule has 0 atom stereocenters. The van der Waals surface area contributed by atoms with Gasteiger partial charge in [-0.2, -0.15) is 0 Å². The van der Waals surface area contributed by atoms with Crippen LogP contribution < -0.4 is 10.1 Å². The second-order valence-electron chi connectivity index (χ2n) is 5.66. The molecule has 0 radical (unpaired) electrons. The Morgan fingerprint density at radius 3 is 2.77 bits per heavy atom. The van der Waals surface area contributed by atoms with Crippen LogP contribution in [0.2, 0.25) is 0 Å². The standard InChI is InChI=1S/C18H13N3O4S/c1-9-3-10(7-20-17(9)24-2)13-8-19-6-11-4-12(25-15(11)13)5-14-16(22)21-18(23)26-14/h3-8H,1-2H3,(H,21,22,23)/b14-5+. The molecule has 0 bridgehead atoms. The van der Waals surface area contributed by atoms with Gasteiger partial charge >= 0.3 is 0 Å². The average molecular weight is 367 g/mol. The van der Waals surface area contributed by atoms with Crippen molar-refractivity contribution < 1.29 is 18.7 Å². The first-order chi connectivity index (χ1) is 12.5. The highest BCUT2D eigenvalue weighted by Gasteiger charge is 2.25. The summed E-state index contributed by atoms with van der Waals surface area (Å²) < 4.78 is 11.1. The fourth-order valence-electron chi connectivity index (χ4n) is 2.73. The van der Waals surface area contributed by atoms with Crippen LogP contribution in [0.3, 0.4) is 0 Å². The van der Waals surface area contributed by atoms with Crippen LogP contribution in [0.15, 0.2) is 40.0 Å². The lowest BCUT2D eigenvalue weighted by molar-refractivity contribution is -0.115. The Balaban J connectivity index is 1.79. The first-order valence-electron chi connectivity index (χ1n) is 7.68. The molecule has 3 aromatic rings. The number of thioether (sulfide) groups is 1. The molecule has 1 N–H and O–H groups in total. The number of carbonyl (C=O) groups excluding carboxylic acids is 2. The molecule has 130 valence electrons. The molecule has 1 aliphatic heterocycles. The van der Waals surface area contributed by atoms with Crippen LogP contribution in [0.1, 0.15) is 11.3 Å². The van der Waals surface area contributed by atoms with Gasteiger partial charge in [0.1, 0.15) is 11.3 Å². The third-order valence-electron chi connectivity index (χ3n) is 3.89. The number of furan rings is 1. The highest BCUT2D eigenvalue weighted by Crippen LogP contribution is 2.33. The number of hydrogen-bond acceptors (Lipinski definition) is 7. The van der Waals surface area contributed by atoms with Crippen molar-refractivity contribution in [2.24, 2.45) is 0 Å². The molecular weight excluding hydrogens is 354 g/mol. The highest BCUT2D eigenvalue weighted by atomic mass is 32.2. The second-order valence-corrected chi connectivity index (χ2v) is 6.67. The van der Waals surface area contributed by atoms with Crippen LogP contribution in [0.25, 0.3) is 28.2 Å². The number of methoxy groups -OCH3 is 1. The molecule has 3 aromatic heterocycles. The van der Waals surface area contributed by atoms with Gasteiger partial charge in [0.25, 0.3) is 11.1 Å². The maximum Gasteiger partial charge on any atom is 0.290 e. The van der Waals surface area contributed by atoms with Crippen LogP contribution in [0.4, 0.5) is 4.79 Å². The van der Waals surface area contributed by atoms with E-state index in [0.717, 1.165) is 33.8 Å². The molecule has 0 saturated carbocycles. The van der Waals surface area contributed by atoms with Crippen LogP contribution in [-0.4, -0.2) is 28.2 Å². The fourth-order valence-corrected chi connectivity index (χ4v) is 3.39. The molecule has 0 aromatic carbocycles. The van der Waals surface area contributed by atoms with Gasteiger partial charge in [-0.15, -0.1) is 0 Å². The number of amides is 2. The molecule has 26 heavy (non-hydrogen) atoms. The van der Waals surface area contributed by atoms with E-state index < -0.39 is 5.91 Å². The van der Waals surface area contributed by atoms with Crippen molar-refractivity contribution in [3.8, 4) is 17.0 Å². The van der Waals surface area contributed by atoms with E-state index in [2.05, 4.69) is 15.3 Å². The van der Waals surface area contributed by atoms with Gasteiger partial charge in [-0.1, -0.05) is 0 Å². The monoisotopic (exact) mass is 367 g/mol. The number of rotatable bonds is 3. The number of ether oxygens (including phenoxy) is 1. The smallest absolute Gasteiger partial charge is 0.290 e. The Labute approximate surface area is 152 Å². The SMILES string of the molecule is COc1ncc(-c2cncc3cc(/C=C4/SC(=O)NC4=O)oc23)cc1C. The Hall–Kier alpha value is -3.13. The van der Waals surface area contributed by atoms with Crippen molar-refractivity contribution in [2.75, 3.05) is 7.11 Å². The zero-order chi connectivity index (χ0) is 18.3. The number of nitrogens with zero attached hydrogens (tertiary/aromatic N) is 2. The van der Waals surface area contributed by atoms with Gasteiger partial charge in [-0.25, -0.2) is 4.98 Å². The Bertz CT molecular complexity index is 1090. The third kappa shape index (κ3) is 2.84. The molecule has 4 rings (SSSR count). The van der Waals surface area contributed by atoms with Crippen LogP contribution in [-0.2, 0) is 4.79 Å². The summed E-state index contributed by atoms with van der Waals surface area (Å²) in [5.74, 6) is 0.612. The third-order valence-corrected chi connectivity index (χ3v) is 4.70. The lowest BCUT2D eigenvalue weighted by Crippen LogP contribution is -2.17. The largest absolute Gasteiger partial charge is 0.481 e. The minimum atomic E-state index is -0.422. The number of nitrogens with one attached hydrogen (secondary N) is 1. The molecule has 8 heteroatoms. The maximum atomic E-state index is 11.7. The lowest BCUT2D eigenvalue weighted by Gasteiger charge is -2.06. The summed E-state index contributed by atoms with van der Waals surface area (Å²) in [5.41, 5.74) is 3.16. The van der Waals surface area contributed by atoms with E-state index in [1.165, 1.54) is 0 Å². The minimum Gasteiger partial charge on any atom is -0.481 e. The van der Waals surface area contributed by atoms with Gasteiger partial charge in [0.05, 0.1) is 12.0 Å². The van der Waals surface area contributed by atoms with Gasteiger partial charge in [-0.05, 0) is 30.8 Å². The van der Waals surface area contributed by atoms with E-state index in [0.29, 0.717) is 22.1 Å². The molecule has 1 saturated heterocycles. The van der Waals surface area contributed by atoms with E-state index >= 15 is 0 Å². The maximum absolute atomic E-state index is 11.7. The Morgan fingerprint density at radius 1 is 1.23 bits per heavy atom. The number of hydrogen-bond donors (Lipinski definition) is 1. The highest BCUT2D eigenvalue weighted by molar-refractivity contribution is 8.18. The molecule has 0 aliphatic carbocycles. The number of pyridine rings is 2. The van der Waals surface area contributed by atoms with Crippen molar-refractivity contribution in [1.29, 1.82) is 0 Å². The van der Waals surface area contributed by atoms with Crippen molar-refractivity contribution in [3.05, 3.63) is 47.0 Å². The van der Waals surface area contributed by atoms with Crippen molar-refractivity contribution >= 4 is 40.0 Å². The first-order valence-corrected chi connectivity index (χ1v) is 8.50. The summed E-state index contributed by atoms with van der Waals surface area (Å²) in [6.07, 6.45) is 6.63. The predicted molar refractivity (Wildman–Crippen MR) is 97.6 cm³/mol.